The van der Waals surface area contributed by atoms with Gasteiger partial charge in [-0.15, -0.1) is 0 Å². The molecule has 1 aliphatic rings. The van der Waals surface area contributed by atoms with Crippen LogP contribution in [0.3, 0.4) is 0 Å². The van der Waals surface area contributed by atoms with Gasteiger partial charge in [0.15, 0.2) is 5.60 Å². The lowest BCUT2D eigenvalue weighted by Gasteiger charge is -2.33. The summed E-state index contributed by atoms with van der Waals surface area (Å²) >= 11 is 0. The van der Waals surface area contributed by atoms with Crippen LogP contribution in [0.15, 0.2) is 0 Å². The molecule has 86 valence electrons. The van der Waals surface area contributed by atoms with Gasteiger partial charge in [0.05, 0.1) is 6.42 Å². The van der Waals surface area contributed by atoms with Gasteiger partial charge in [-0.3, -0.25) is 4.79 Å². The van der Waals surface area contributed by atoms with Crippen LogP contribution in [0.25, 0.3) is 0 Å². The van der Waals surface area contributed by atoms with Gasteiger partial charge in [0.25, 0.3) is 0 Å². The Labute approximate surface area is 86.5 Å². The maximum atomic E-state index is 10.9. The van der Waals surface area contributed by atoms with Gasteiger partial charge in [0, 0.05) is 19.1 Å². The maximum absolute atomic E-state index is 10.9. The van der Waals surface area contributed by atoms with Crippen molar-refractivity contribution in [3.8, 4) is 0 Å². The highest BCUT2D eigenvalue weighted by Gasteiger charge is 2.46. The van der Waals surface area contributed by atoms with Crippen LogP contribution in [0.1, 0.15) is 19.3 Å². The van der Waals surface area contributed by atoms with E-state index in [1.165, 1.54) is 0 Å². The first-order valence-corrected chi connectivity index (χ1v) is 4.72. The molecule has 15 heavy (non-hydrogen) atoms. The molecular formula is C9H14O6. The Balaban J connectivity index is 2.78. The first kappa shape index (κ1) is 11.9. The van der Waals surface area contributed by atoms with E-state index in [0.717, 1.165) is 0 Å². The number of rotatable bonds is 4. The van der Waals surface area contributed by atoms with Gasteiger partial charge in [-0.2, -0.15) is 0 Å². The van der Waals surface area contributed by atoms with Crippen LogP contribution in [0, 0.1) is 5.92 Å². The van der Waals surface area contributed by atoms with Gasteiger partial charge in [0.1, 0.15) is 0 Å². The maximum Gasteiger partial charge on any atom is 0.336 e. The summed E-state index contributed by atoms with van der Waals surface area (Å²) in [6, 6.07) is 0. The topological polar surface area (TPSA) is 104 Å². The van der Waals surface area contributed by atoms with Gasteiger partial charge in [-0.1, -0.05) is 0 Å². The lowest BCUT2D eigenvalue weighted by molar-refractivity contribution is -0.175. The van der Waals surface area contributed by atoms with Crippen LogP contribution in [-0.2, 0) is 14.3 Å². The number of carboxylic acid groups (broad SMARTS) is 2. The van der Waals surface area contributed by atoms with Crippen LogP contribution >= 0.6 is 0 Å². The van der Waals surface area contributed by atoms with E-state index in [1.807, 2.05) is 0 Å². The van der Waals surface area contributed by atoms with Gasteiger partial charge in [-0.25, -0.2) is 4.79 Å². The fourth-order valence-electron chi connectivity index (χ4n) is 1.80. The molecule has 0 radical (unpaired) electrons. The monoisotopic (exact) mass is 218 g/mol. The zero-order valence-corrected chi connectivity index (χ0v) is 8.18. The molecule has 1 fully saturated rings. The first-order chi connectivity index (χ1) is 6.97. The molecule has 3 N–H and O–H groups in total. The smallest absolute Gasteiger partial charge is 0.336 e. The molecule has 1 aliphatic heterocycles. The van der Waals surface area contributed by atoms with E-state index in [2.05, 4.69) is 0 Å². The SMILES string of the molecule is O=C(O)CC(O)(C(=O)O)C1CCOCC1. The molecule has 0 aromatic rings. The Hall–Kier alpha value is -1.14. The molecule has 1 atom stereocenters. The molecule has 6 nitrogen and oxygen atoms in total. The number of carboxylic acids is 2. The predicted molar refractivity (Wildman–Crippen MR) is 48.4 cm³/mol. The quantitative estimate of drug-likeness (QED) is 0.598. The largest absolute Gasteiger partial charge is 0.481 e. The average Bonchev–Trinajstić information content (AvgIpc) is 2.17. The molecular weight excluding hydrogens is 204 g/mol. The van der Waals surface area contributed by atoms with E-state index >= 15 is 0 Å². The average molecular weight is 218 g/mol. The zero-order valence-electron chi connectivity index (χ0n) is 8.18. The summed E-state index contributed by atoms with van der Waals surface area (Å²) in [7, 11) is 0. The Morgan fingerprint density at radius 2 is 1.80 bits per heavy atom. The predicted octanol–water partition coefficient (Wildman–Crippen LogP) is -0.297. The third-order valence-corrected chi connectivity index (χ3v) is 2.69. The van der Waals surface area contributed by atoms with Crippen LogP contribution in [0.2, 0.25) is 0 Å². The minimum Gasteiger partial charge on any atom is -0.481 e. The molecule has 1 unspecified atom stereocenters. The van der Waals surface area contributed by atoms with Crippen molar-refractivity contribution in [2.75, 3.05) is 13.2 Å². The van der Waals surface area contributed by atoms with Crippen molar-refractivity contribution in [2.45, 2.75) is 24.9 Å². The second-order valence-electron chi connectivity index (χ2n) is 3.69. The minimum absolute atomic E-state index is 0.361. The van der Waals surface area contributed by atoms with Crippen molar-refractivity contribution >= 4 is 11.9 Å². The fraction of sp³-hybridized carbons (Fsp3) is 0.778. The highest BCUT2D eigenvalue weighted by Crippen LogP contribution is 2.30. The molecule has 0 amide bonds. The molecule has 0 aromatic heterocycles. The molecule has 1 heterocycles. The third-order valence-electron chi connectivity index (χ3n) is 2.69. The molecule has 0 spiro atoms. The Kier molecular flexibility index (Phi) is 3.65. The van der Waals surface area contributed by atoms with E-state index in [9.17, 15) is 14.7 Å². The summed E-state index contributed by atoms with van der Waals surface area (Å²) in [5.74, 6) is -3.34. The Morgan fingerprint density at radius 1 is 1.27 bits per heavy atom. The van der Waals surface area contributed by atoms with Crippen molar-refractivity contribution in [3.63, 3.8) is 0 Å². The van der Waals surface area contributed by atoms with E-state index in [1.54, 1.807) is 0 Å². The molecule has 0 bridgehead atoms. The van der Waals surface area contributed by atoms with Crippen molar-refractivity contribution in [3.05, 3.63) is 0 Å². The van der Waals surface area contributed by atoms with Crippen molar-refractivity contribution in [1.82, 2.24) is 0 Å². The lowest BCUT2D eigenvalue weighted by atomic mass is 9.79. The highest BCUT2D eigenvalue weighted by molar-refractivity contribution is 5.84. The number of hydrogen-bond donors (Lipinski definition) is 3. The second-order valence-corrected chi connectivity index (χ2v) is 3.69. The van der Waals surface area contributed by atoms with Gasteiger partial charge in [-0.05, 0) is 12.8 Å². The van der Waals surface area contributed by atoms with Gasteiger partial charge < -0.3 is 20.1 Å². The number of hydrogen-bond acceptors (Lipinski definition) is 4. The van der Waals surface area contributed by atoms with E-state index in [4.69, 9.17) is 14.9 Å². The summed E-state index contributed by atoms with van der Waals surface area (Å²) in [6.07, 6.45) is -0.0286. The first-order valence-electron chi connectivity index (χ1n) is 4.72. The molecule has 1 rings (SSSR count). The van der Waals surface area contributed by atoms with Crippen molar-refractivity contribution < 1.29 is 29.6 Å². The van der Waals surface area contributed by atoms with E-state index in [0.29, 0.717) is 26.1 Å². The van der Waals surface area contributed by atoms with Crippen molar-refractivity contribution in [2.24, 2.45) is 5.92 Å². The second kappa shape index (κ2) is 4.59. The molecule has 0 aromatic carbocycles. The molecule has 0 saturated carbocycles. The van der Waals surface area contributed by atoms with Crippen LogP contribution in [0.5, 0.6) is 0 Å². The van der Waals surface area contributed by atoms with Crippen LogP contribution in [0.4, 0.5) is 0 Å². The third kappa shape index (κ3) is 2.66. The van der Waals surface area contributed by atoms with Crippen LogP contribution in [-0.4, -0.2) is 46.1 Å². The minimum atomic E-state index is -2.17. The number of ether oxygens (including phenoxy) is 1. The standard InChI is InChI=1S/C9H14O6/c10-7(11)5-9(14,8(12)13)6-1-3-15-4-2-6/h6,14H,1-5H2,(H,10,11)(H,12,13). The Bertz CT molecular complexity index is 257. The van der Waals surface area contributed by atoms with Gasteiger partial charge in [0.2, 0.25) is 0 Å². The lowest BCUT2D eigenvalue weighted by Crippen LogP contribution is -2.49. The van der Waals surface area contributed by atoms with Gasteiger partial charge >= 0.3 is 11.9 Å². The van der Waals surface area contributed by atoms with Crippen molar-refractivity contribution in [1.29, 1.82) is 0 Å². The molecule has 6 heteroatoms. The van der Waals surface area contributed by atoms with Crippen LogP contribution < -0.4 is 0 Å². The summed E-state index contributed by atoms with van der Waals surface area (Å²) in [5, 5.41) is 27.3. The normalized spacial score (nSPS) is 21.9. The fourth-order valence-corrected chi connectivity index (χ4v) is 1.80. The zero-order chi connectivity index (χ0) is 11.5. The number of carbonyl (C=O) groups is 2. The Morgan fingerprint density at radius 3 is 2.20 bits per heavy atom. The molecule has 0 aliphatic carbocycles. The summed E-state index contributed by atoms with van der Waals surface area (Å²) < 4.78 is 5.03. The summed E-state index contributed by atoms with van der Waals surface area (Å²) in [6.45, 7) is 0.722. The summed E-state index contributed by atoms with van der Waals surface area (Å²) in [5.41, 5.74) is -2.17. The van der Waals surface area contributed by atoms with E-state index in [-0.39, 0.29) is 0 Å². The number of aliphatic carboxylic acids is 2. The number of aliphatic hydroxyl groups is 1. The van der Waals surface area contributed by atoms with E-state index < -0.39 is 29.9 Å². The summed E-state index contributed by atoms with van der Waals surface area (Å²) in [4.78, 5) is 21.4. The molecule has 1 saturated heterocycles. The highest BCUT2D eigenvalue weighted by atomic mass is 16.5.